The highest BCUT2D eigenvalue weighted by Gasteiger charge is 2.37. The van der Waals surface area contributed by atoms with Gasteiger partial charge in [0.25, 0.3) is 0 Å². The number of sulfonamides is 1. The lowest BCUT2D eigenvalue weighted by molar-refractivity contribution is -0.137. The smallest absolute Gasteiger partial charge is 0.248 e. The van der Waals surface area contributed by atoms with Gasteiger partial charge in [-0.15, -0.1) is 0 Å². The van der Waals surface area contributed by atoms with Gasteiger partial charge in [-0.2, -0.15) is 4.31 Å². The summed E-state index contributed by atoms with van der Waals surface area (Å²) >= 11 is 0. The molecular weight excluding hydrogens is 509 g/mol. The number of amides is 1. The fourth-order valence-electron chi connectivity index (χ4n) is 5.00. The van der Waals surface area contributed by atoms with Crippen LogP contribution in [0.15, 0.2) is 58.1 Å². The van der Waals surface area contributed by atoms with E-state index in [0.29, 0.717) is 44.6 Å². The molecule has 9 nitrogen and oxygen atoms in total. The van der Waals surface area contributed by atoms with Crippen molar-refractivity contribution in [2.45, 2.75) is 24.7 Å². The minimum Gasteiger partial charge on any atom is -0.355 e. The van der Waals surface area contributed by atoms with Crippen molar-refractivity contribution in [1.82, 2.24) is 19.3 Å². The average Bonchev–Trinajstić information content (AvgIpc) is 3.34. The lowest BCUT2D eigenvalue weighted by Gasteiger charge is -2.38. The molecule has 2 aliphatic heterocycles. The van der Waals surface area contributed by atoms with Gasteiger partial charge in [-0.3, -0.25) is 4.79 Å². The number of hydrogen-bond acceptors (Lipinski definition) is 7. The zero-order chi connectivity index (χ0) is 26.7. The molecule has 0 aliphatic carbocycles. The third-order valence-corrected chi connectivity index (χ3v) is 9.18. The summed E-state index contributed by atoms with van der Waals surface area (Å²) < 4.78 is 47.7. The molecule has 0 spiro atoms. The summed E-state index contributed by atoms with van der Waals surface area (Å²) in [4.78, 5) is 21.6. The maximum atomic E-state index is 14.0. The molecule has 2 aromatic heterocycles. The highest BCUT2D eigenvalue weighted by atomic mass is 32.2. The summed E-state index contributed by atoms with van der Waals surface area (Å²) in [6, 6.07) is 12.0. The number of rotatable bonds is 6. The number of aromatic nitrogens is 2. The molecule has 0 N–H and O–H groups in total. The summed E-state index contributed by atoms with van der Waals surface area (Å²) in [7, 11) is -3.91. The van der Waals surface area contributed by atoms with Crippen LogP contribution in [0.25, 0.3) is 12.2 Å². The fraction of sp³-hybridized carbons (Fsp3) is 0.370. The van der Waals surface area contributed by atoms with E-state index in [-0.39, 0.29) is 41.3 Å². The maximum absolute atomic E-state index is 14.0. The monoisotopic (exact) mass is 539 g/mol. The first-order chi connectivity index (χ1) is 18.3. The first-order valence-corrected chi connectivity index (χ1v) is 14.1. The van der Waals surface area contributed by atoms with Gasteiger partial charge in [-0.25, -0.2) is 17.8 Å². The van der Waals surface area contributed by atoms with Gasteiger partial charge in [-0.05, 0) is 50.1 Å². The van der Waals surface area contributed by atoms with Gasteiger partial charge in [0.1, 0.15) is 17.3 Å². The summed E-state index contributed by atoms with van der Waals surface area (Å²) in [5.74, 6) is 0.401. The molecule has 0 radical (unpaired) electrons. The first-order valence-electron chi connectivity index (χ1n) is 12.7. The number of pyridine rings is 1. The third kappa shape index (κ3) is 5.34. The number of carbonyl (C=O) groups is 1. The van der Waals surface area contributed by atoms with Gasteiger partial charge in [0.2, 0.25) is 15.9 Å². The van der Waals surface area contributed by atoms with Gasteiger partial charge < -0.3 is 14.3 Å². The Hall–Kier alpha value is -3.57. The molecule has 2 fully saturated rings. The highest BCUT2D eigenvalue weighted by Crippen LogP contribution is 2.30. The number of piperidine rings is 1. The van der Waals surface area contributed by atoms with Crippen LogP contribution in [0, 0.1) is 18.7 Å². The number of piperazine rings is 1. The van der Waals surface area contributed by atoms with E-state index in [9.17, 15) is 17.6 Å². The quantitative estimate of drug-likeness (QED) is 0.473. The summed E-state index contributed by atoms with van der Waals surface area (Å²) in [5.41, 5.74) is 0.548. The second-order valence-electron chi connectivity index (χ2n) is 9.49. The molecule has 2 saturated heterocycles. The second-order valence-corrected chi connectivity index (χ2v) is 11.4. The molecule has 11 heteroatoms. The van der Waals surface area contributed by atoms with Crippen molar-refractivity contribution in [3.8, 4) is 0 Å². The summed E-state index contributed by atoms with van der Waals surface area (Å²) in [6.07, 6.45) is 5.55. The molecule has 4 heterocycles. The van der Waals surface area contributed by atoms with Gasteiger partial charge in [-0.1, -0.05) is 29.4 Å². The van der Waals surface area contributed by atoms with Crippen molar-refractivity contribution >= 4 is 33.9 Å². The Bertz CT molecular complexity index is 1410. The number of carbonyl (C=O) groups excluding carboxylic acids is 1. The Balaban J connectivity index is 1.21. The molecule has 2 aliphatic rings. The largest absolute Gasteiger partial charge is 0.355 e. The molecule has 0 saturated carbocycles. The predicted octanol–water partition coefficient (Wildman–Crippen LogP) is 3.44. The molecule has 0 atom stereocenters. The molecule has 5 rings (SSSR count). The molecule has 0 bridgehead atoms. The van der Waals surface area contributed by atoms with Crippen LogP contribution in [-0.2, 0) is 14.8 Å². The van der Waals surface area contributed by atoms with Gasteiger partial charge in [0.05, 0.1) is 0 Å². The van der Waals surface area contributed by atoms with Crippen molar-refractivity contribution in [2.75, 3.05) is 44.2 Å². The number of halogens is 1. The van der Waals surface area contributed by atoms with E-state index in [0.717, 1.165) is 5.82 Å². The normalized spacial score (nSPS) is 17.8. The molecule has 3 aromatic rings. The minimum atomic E-state index is -3.91. The third-order valence-electron chi connectivity index (χ3n) is 7.12. The maximum Gasteiger partial charge on any atom is 0.248 e. The molecule has 1 amide bonds. The van der Waals surface area contributed by atoms with Crippen LogP contribution in [-0.4, -0.2) is 72.9 Å². The van der Waals surface area contributed by atoms with Gasteiger partial charge >= 0.3 is 0 Å². The van der Waals surface area contributed by atoms with Crippen LogP contribution in [0.1, 0.15) is 29.9 Å². The van der Waals surface area contributed by atoms with Crippen LogP contribution in [0.2, 0.25) is 0 Å². The highest BCUT2D eigenvalue weighted by molar-refractivity contribution is 7.89. The van der Waals surface area contributed by atoms with Gasteiger partial charge in [0, 0.05) is 56.9 Å². The number of anilines is 1. The van der Waals surface area contributed by atoms with Crippen molar-refractivity contribution in [2.24, 2.45) is 5.92 Å². The molecule has 1 aromatic carbocycles. The Kier molecular flexibility index (Phi) is 7.57. The van der Waals surface area contributed by atoms with E-state index in [2.05, 4.69) is 15.0 Å². The molecule has 0 unspecified atom stereocenters. The first kappa shape index (κ1) is 26.1. The van der Waals surface area contributed by atoms with E-state index in [1.54, 1.807) is 31.3 Å². The Labute approximate surface area is 221 Å². The minimum absolute atomic E-state index is 0.0273. The number of hydrogen-bond donors (Lipinski definition) is 0. The lowest BCUT2D eigenvalue weighted by Crippen LogP contribution is -2.52. The van der Waals surface area contributed by atoms with E-state index >= 15 is 0 Å². The van der Waals surface area contributed by atoms with E-state index < -0.39 is 15.8 Å². The summed E-state index contributed by atoms with van der Waals surface area (Å²) in [5, 5.41) is 3.85. The van der Waals surface area contributed by atoms with Crippen LogP contribution < -0.4 is 4.90 Å². The Morgan fingerprint density at radius 3 is 2.39 bits per heavy atom. The predicted molar refractivity (Wildman–Crippen MR) is 141 cm³/mol. The fourth-order valence-corrected chi connectivity index (χ4v) is 6.72. The van der Waals surface area contributed by atoms with Crippen molar-refractivity contribution in [3.05, 3.63) is 71.5 Å². The standard InChI is InChI=1S/C27H30FN5O4S/c1-20-26(24(37-30-20)10-9-21-6-2-3-7-23(21)28)38(35,36)33-14-11-22(12-15-33)27(34)32-18-16-31(17-19-32)25-8-4-5-13-29-25/h2-10,13,22H,11-12,14-19H2,1H3. The Morgan fingerprint density at radius 1 is 1.00 bits per heavy atom. The topological polar surface area (TPSA) is 99.8 Å². The van der Waals surface area contributed by atoms with Gasteiger partial charge in [0.15, 0.2) is 10.7 Å². The zero-order valence-corrected chi connectivity index (χ0v) is 22.0. The van der Waals surface area contributed by atoms with Crippen LogP contribution in [0.3, 0.4) is 0 Å². The zero-order valence-electron chi connectivity index (χ0n) is 21.2. The Morgan fingerprint density at radius 2 is 1.71 bits per heavy atom. The molecule has 38 heavy (non-hydrogen) atoms. The van der Waals surface area contributed by atoms with Crippen molar-refractivity contribution in [3.63, 3.8) is 0 Å². The number of aryl methyl sites for hydroxylation is 1. The second kappa shape index (κ2) is 11.0. The average molecular weight is 540 g/mol. The molecular formula is C27H30FN5O4S. The number of benzene rings is 1. The lowest BCUT2D eigenvalue weighted by atomic mass is 9.96. The van der Waals surface area contributed by atoms with Crippen LogP contribution >= 0.6 is 0 Å². The van der Waals surface area contributed by atoms with Crippen molar-refractivity contribution in [1.29, 1.82) is 0 Å². The van der Waals surface area contributed by atoms with E-state index in [1.165, 1.54) is 22.5 Å². The molecule has 200 valence electrons. The van der Waals surface area contributed by atoms with E-state index in [1.807, 2.05) is 23.1 Å². The van der Waals surface area contributed by atoms with Crippen LogP contribution in [0.5, 0.6) is 0 Å². The van der Waals surface area contributed by atoms with E-state index in [4.69, 9.17) is 4.52 Å². The SMILES string of the molecule is Cc1noc(C=Cc2ccccc2F)c1S(=O)(=O)N1CCC(C(=O)N2CCN(c3ccccn3)CC2)CC1. The summed E-state index contributed by atoms with van der Waals surface area (Å²) in [6.45, 7) is 4.69. The number of nitrogens with zero attached hydrogens (tertiary/aromatic N) is 5. The van der Waals surface area contributed by atoms with Crippen LogP contribution in [0.4, 0.5) is 10.2 Å². The van der Waals surface area contributed by atoms with Crippen molar-refractivity contribution < 1.29 is 22.1 Å².